The van der Waals surface area contributed by atoms with E-state index in [2.05, 4.69) is 54.2 Å². The number of anilines is 1. The molecule has 170 valence electrons. The number of carbonyl (C=O) groups is 1. The molecule has 3 rings (SSSR count). The van der Waals surface area contributed by atoms with Crippen molar-refractivity contribution in [2.75, 3.05) is 25.2 Å². The molecule has 2 aromatic carbocycles. The van der Waals surface area contributed by atoms with Crippen molar-refractivity contribution in [1.82, 2.24) is 19.7 Å². The molecule has 0 aliphatic rings. The Morgan fingerprint density at radius 2 is 1.78 bits per heavy atom. The Balaban J connectivity index is 1.82. The smallest absolute Gasteiger partial charge is 0.234 e. The van der Waals surface area contributed by atoms with Gasteiger partial charge in [-0.1, -0.05) is 62.3 Å². The van der Waals surface area contributed by atoms with Gasteiger partial charge in [0.05, 0.1) is 11.8 Å². The highest BCUT2D eigenvalue weighted by atomic mass is 35.5. The van der Waals surface area contributed by atoms with Crippen LogP contribution >= 0.6 is 23.4 Å². The molecule has 1 N–H and O–H groups in total. The maximum Gasteiger partial charge on any atom is 0.234 e. The van der Waals surface area contributed by atoms with Crippen LogP contribution in [0.4, 0.5) is 5.69 Å². The normalized spacial score (nSPS) is 12.8. The molecule has 1 unspecified atom stereocenters. The van der Waals surface area contributed by atoms with Gasteiger partial charge in [-0.25, -0.2) is 0 Å². The Hall–Kier alpha value is -2.35. The summed E-state index contributed by atoms with van der Waals surface area (Å²) in [5.74, 6) is 0.943. The van der Waals surface area contributed by atoms with Gasteiger partial charge in [0.25, 0.3) is 0 Å². The van der Waals surface area contributed by atoms with Gasteiger partial charge >= 0.3 is 0 Å². The Morgan fingerprint density at radius 3 is 2.41 bits per heavy atom. The second-order valence-corrected chi connectivity index (χ2v) is 10.3. The minimum Gasteiger partial charge on any atom is -0.325 e. The molecular formula is C24H30ClN5OS. The van der Waals surface area contributed by atoms with Gasteiger partial charge in [-0.15, -0.1) is 10.2 Å². The lowest BCUT2D eigenvalue weighted by Crippen LogP contribution is -2.21. The highest BCUT2D eigenvalue weighted by Crippen LogP contribution is 2.30. The topological polar surface area (TPSA) is 63.1 Å². The summed E-state index contributed by atoms with van der Waals surface area (Å²) < 4.78 is 1.99. The molecule has 0 fully saturated rings. The Morgan fingerprint density at radius 1 is 1.12 bits per heavy atom. The summed E-state index contributed by atoms with van der Waals surface area (Å²) in [6.07, 6.45) is 0. The maximum atomic E-state index is 12.8. The molecule has 0 saturated carbocycles. The minimum absolute atomic E-state index is 0.0417. The van der Waals surface area contributed by atoms with Crippen molar-refractivity contribution >= 4 is 35.0 Å². The molecular weight excluding hydrogens is 442 g/mol. The number of nitrogens with one attached hydrogen (secondary N) is 1. The summed E-state index contributed by atoms with van der Waals surface area (Å²) in [6.45, 7) is 8.47. The van der Waals surface area contributed by atoms with Crippen LogP contribution in [-0.4, -0.2) is 45.4 Å². The van der Waals surface area contributed by atoms with Crippen LogP contribution < -0.4 is 5.32 Å². The number of carbonyl (C=O) groups excluding carboxylic acids is 1. The molecule has 0 spiro atoms. The number of para-hydroxylation sites is 1. The standard InChI is InChI=1S/C24H30ClN5OS/c1-16(29(5)6)22-27-28-23(30(22)18-13-11-17(25)12-14-18)32-15-21(31)26-20-10-8-7-9-19(20)24(2,3)4/h7-14,16H,15H2,1-6H3,(H,26,31). The summed E-state index contributed by atoms with van der Waals surface area (Å²) in [5.41, 5.74) is 2.78. The molecule has 6 nitrogen and oxygen atoms in total. The van der Waals surface area contributed by atoms with Gasteiger partial charge in [0, 0.05) is 16.4 Å². The summed E-state index contributed by atoms with van der Waals surface area (Å²) in [7, 11) is 4.00. The van der Waals surface area contributed by atoms with Crippen molar-refractivity contribution in [3.05, 3.63) is 64.9 Å². The molecule has 3 aromatic rings. The largest absolute Gasteiger partial charge is 0.325 e. The van der Waals surface area contributed by atoms with Crippen LogP contribution in [0.5, 0.6) is 0 Å². The monoisotopic (exact) mass is 471 g/mol. The van der Waals surface area contributed by atoms with Gasteiger partial charge in [-0.2, -0.15) is 0 Å². The molecule has 0 bridgehead atoms. The van der Waals surface area contributed by atoms with Crippen LogP contribution in [0.1, 0.15) is 45.1 Å². The quantitative estimate of drug-likeness (QED) is 0.456. The van der Waals surface area contributed by atoms with E-state index in [-0.39, 0.29) is 23.1 Å². The van der Waals surface area contributed by atoms with Crippen molar-refractivity contribution in [2.24, 2.45) is 0 Å². The van der Waals surface area contributed by atoms with Crippen LogP contribution in [0.15, 0.2) is 53.7 Å². The number of halogens is 1. The number of benzene rings is 2. The molecule has 1 aromatic heterocycles. The van der Waals surface area contributed by atoms with Crippen molar-refractivity contribution in [3.63, 3.8) is 0 Å². The molecule has 0 saturated heterocycles. The van der Waals surface area contributed by atoms with Crippen molar-refractivity contribution in [3.8, 4) is 5.69 Å². The van der Waals surface area contributed by atoms with E-state index in [0.717, 1.165) is 22.8 Å². The minimum atomic E-state index is -0.0837. The summed E-state index contributed by atoms with van der Waals surface area (Å²) in [6, 6.07) is 15.5. The van der Waals surface area contributed by atoms with Crippen molar-refractivity contribution in [1.29, 1.82) is 0 Å². The lowest BCUT2D eigenvalue weighted by Gasteiger charge is -2.23. The number of hydrogen-bond acceptors (Lipinski definition) is 5. The molecule has 32 heavy (non-hydrogen) atoms. The number of amides is 1. The third kappa shape index (κ3) is 5.71. The number of thioether (sulfide) groups is 1. The van der Waals surface area contributed by atoms with Crippen molar-refractivity contribution < 1.29 is 4.79 Å². The summed E-state index contributed by atoms with van der Waals surface area (Å²) in [4.78, 5) is 14.9. The predicted octanol–water partition coefficient (Wildman–Crippen LogP) is 5.57. The van der Waals surface area contributed by atoms with Crippen LogP contribution in [0, 0.1) is 0 Å². The van der Waals surface area contributed by atoms with Crippen LogP contribution in [0.3, 0.4) is 0 Å². The van der Waals surface area contributed by atoms with E-state index in [9.17, 15) is 4.79 Å². The third-order valence-corrected chi connectivity index (χ3v) is 6.41. The van der Waals surface area contributed by atoms with E-state index in [0.29, 0.717) is 10.2 Å². The van der Waals surface area contributed by atoms with Gasteiger partial charge in [-0.3, -0.25) is 14.3 Å². The van der Waals surface area contributed by atoms with E-state index < -0.39 is 0 Å². The van der Waals surface area contributed by atoms with Crippen LogP contribution in [0.2, 0.25) is 5.02 Å². The molecule has 1 atom stereocenters. The predicted molar refractivity (Wildman–Crippen MR) is 133 cm³/mol. The molecule has 0 aliphatic carbocycles. The van der Waals surface area contributed by atoms with Gasteiger partial charge < -0.3 is 5.32 Å². The Bertz CT molecular complexity index is 1070. The van der Waals surface area contributed by atoms with Crippen molar-refractivity contribution in [2.45, 2.75) is 44.3 Å². The van der Waals surface area contributed by atoms with E-state index >= 15 is 0 Å². The molecule has 8 heteroatoms. The first-order valence-electron chi connectivity index (χ1n) is 10.5. The lowest BCUT2D eigenvalue weighted by atomic mass is 9.86. The van der Waals surface area contributed by atoms with E-state index in [1.165, 1.54) is 11.8 Å². The lowest BCUT2D eigenvalue weighted by molar-refractivity contribution is -0.113. The molecule has 0 radical (unpaired) electrons. The second-order valence-electron chi connectivity index (χ2n) is 8.92. The fraction of sp³-hybridized carbons (Fsp3) is 0.375. The first-order valence-corrected chi connectivity index (χ1v) is 11.8. The van der Waals surface area contributed by atoms with Gasteiger partial charge in [0.1, 0.15) is 0 Å². The average molecular weight is 472 g/mol. The van der Waals surface area contributed by atoms with E-state index in [1.54, 1.807) is 0 Å². The average Bonchev–Trinajstić information content (AvgIpc) is 3.15. The highest BCUT2D eigenvalue weighted by molar-refractivity contribution is 7.99. The van der Waals surface area contributed by atoms with Crippen LogP contribution in [-0.2, 0) is 10.2 Å². The zero-order valence-corrected chi connectivity index (χ0v) is 21.0. The van der Waals surface area contributed by atoms with Gasteiger partial charge in [-0.05, 0) is 62.3 Å². The third-order valence-electron chi connectivity index (χ3n) is 5.23. The highest BCUT2D eigenvalue weighted by Gasteiger charge is 2.22. The fourth-order valence-corrected chi connectivity index (χ4v) is 4.16. The van der Waals surface area contributed by atoms with Crippen LogP contribution in [0.25, 0.3) is 5.69 Å². The first-order chi connectivity index (χ1) is 15.1. The number of aromatic nitrogens is 3. The second kappa shape index (κ2) is 10.1. The molecule has 1 heterocycles. The summed E-state index contributed by atoms with van der Waals surface area (Å²) in [5, 5.41) is 13.2. The summed E-state index contributed by atoms with van der Waals surface area (Å²) >= 11 is 7.45. The SMILES string of the molecule is CC(c1nnc(SCC(=O)Nc2ccccc2C(C)(C)C)n1-c1ccc(Cl)cc1)N(C)C. The zero-order valence-electron chi connectivity index (χ0n) is 19.4. The van der Waals surface area contributed by atoms with E-state index in [4.69, 9.17) is 11.6 Å². The fourth-order valence-electron chi connectivity index (χ4n) is 3.27. The Kier molecular flexibility index (Phi) is 7.64. The van der Waals surface area contributed by atoms with Gasteiger partial charge in [0.2, 0.25) is 5.91 Å². The molecule has 0 aliphatic heterocycles. The maximum absolute atomic E-state index is 12.8. The molecule has 1 amide bonds. The number of hydrogen-bond donors (Lipinski definition) is 1. The Labute approximate surface area is 199 Å². The van der Waals surface area contributed by atoms with E-state index in [1.807, 2.05) is 61.1 Å². The number of rotatable bonds is 7. The van der Waals surface area contributed by atoms with Gasteiger partial charge in [0.15, 0.2) is 11.0 Å². The zero-order chi connectivity index (χ0) is 23.5. The number of nitrogens with zero attached hydrogens (tertiary/aromatic N) is 4. The first kappa shape index (κ1) is 24.3.